The molecule has 0 radical (unpaired) electrons. The molecule has 2 aromatic rings. The molecule has 4 heteroatoms. The van der Waals surface area contributed by atoms with Crippen molar-refractivity contribution in [2.24, 2.45) is 5.92 Å². The van der Waals surface area contributed by atoms with E-state index >= 15 is 0 Å². The summed E-state index contributed by atoms with van der Waals surface area (Å²) in [6, 6.07) is 1.97. The Bertz CT molecular complexity index is 597. The minimum absolute atomic E-state index is 0.644. The van der Waals surface area contributed by atoms with Crippen molar-refractivity contribution in [2.45, 2.75) is 41.2 Å². The molecule has 0 spiro atoms. The molecule has 0 saturated heterocycles. The second-order valence-corrected chi connectivity index (χ2v) is 5.91. The van der Waals surface area contributed by atoms with Gasteiger partial charge in [-0.2, -0.15) is 0 Å². The Morgan fingerprint density at radius 2 is 1.76 bits per heavy atom. The second-order valence-electron chi connectivity index (χ2n) is 5.91. The van der Waals surface area contributed by atoms with Crippen LogP contribution in [0, 0.1) is 26.7 Å². The predicted octanol–water partition coefficient (Wildman–Crippen LogP) is 3.21. The topological polar surface area (TPSA) is 50.7 Å². The van der Waals surface area contributed by atoms with E-state index < -0.39 is 0 Å². The molecule has 1 N–H and O–H groups in total. The molecule has 2 heterocycles. The normalized spacial score (nSPS) is 11.1. The molecule has 2 aromatic heterocycles. The predicted molar refractivity (Wildman–Crippen MR) is 86.0 cm³/mol. The molecule has 0 amide bonds. The van der Waals surface area contributed by atoms with Gasteiger partial charge in [-0.3, -0.25) is 4.98 Å². The van der Waals surface area contributed by atoms with Gasteiger partial charge < -0.3 is 5.32 Å². The Morgan fingerprint density at radius 1 is 1.10 bits per heavy atom. The highest BCUT2D eigenvalue weighted by Crippen LogP contribution is 2.21. The van der Waals surface area contributed by atoms with Crippen molar-refractivity contribution in [3.8, 4) is 11.4 Å². The number of nitrogens with zero attached hydrogens (tertiary/aromatic N) is 3. The van der Waals surface area contributed by atoms with Crippen molar-refractivity contribution in [2.75, 3.05) is 6.54 Å². The molecule has 0 unspecified atom stereocenters. The third kappa shape index (κ3) is 3.85. The first-order valence-electron chi connectivity index (χ1n) is 7.45. The van der Waals surface area contributed by atoms with E-state index in [2.05, 4.69) is 48.0 Å². The molecule has 21 heavy (non-hydrogen) atoms. The van der Waals surface area contributed by atoms with E-state index in [0.717, 1.165) is 41.4 Å². The highest BCUT2D eigenvalue weighted by molar-refractivity contribution is 5.59. The summed E-state index contributed by atoms with van der Waals surface area (Å²) in [5.74, 6) is 1.43. The SMILES string of the molecule is Cc1cnccc1-c1nc(C)c(CNCC(C)C)c(C)n1. The van der Waals surface area contributed by atoms with Crippen LogP contribution in [-0.4, -0.2) is 21.5 Å². The lowest BCUT2D eigenvalue weighted by molar-refractivity contribution is 0.549. The molecule has 0 bridgehead atoms. The fourth-order valence-corrected chi connectivity index (χ4v) is 2.33. The van der Waals surface area contributed by atoms with Crippen LogP contribution >= 0.6 is 0 Å². The van der Waals surface area contributed by atoms with Crippen LogP contribution in [0.3, 0.4) is 0 Å². The van der Waals surface area contributed by atoms with E-state index in [9.17, 15) is 0 Å². The maximum absolute atomic E-state index is 4.68. The Morgan fingerprint density at radius 3 is 2.33 bits per heavy atom. The first-order valence-corrected chi connectivity index (χ1v) is 7.45. The van der Waals surface area contributed by atoms with Gasteiger partial charge in [0.25, 0.3) is 0 Å². The molecule has 0 atom stereocenters. The van der Waals surface area contributed by atoms with E-state index in [-0.39, 0.29) is 0 Å². The van der Waals surface area contributed by atoms with Gasteiger partial charge in [-0.15, -0.1) is 0 Å². The van der Waals surface area contributed by atoms with Gasteiger partial charge in [0.15, 0.2) is 5.82 Å². The number of pyridine rings is 1. The molecule has 0 aliphatic rings. The number of hydrogen-bond acceptors (Lipinski definition) is 4. The van der Waals surface area contributed by atoms with Gasteiger partial charge in [-0.05, 0) is 44.9 Å². The van der Waals surface area contributed by atoms with Crippen molar-refractivity contribution in [1.82, 2.24) is 20.3 Å². The average molecular weight is 284 g/mol. The van der Waals surface area contributed by atoms with E-state index in [1.165, 1.54) is 5.56 Å². The van der Waals surface area contributed by atoms with Gasteiger partial charge in [-0.25, -0.2) is 9.97 Å². The zero-order valence-electron chi connectivity index (χ0n) is 13.6. The largest absolute Gasteiger partial charge is 0.312 e. The van der Waals surface area contributed by atoms with Crippen molar-refractivity contribution >= 4 is 0 Å². The number of rotatable bonds is 5. The number of hydrogen-bond donors (Lipinski definition) is 1. The number of aryl methyl sites for hydroxylation is 3. The monoisotopic (exact) mass is 284 g/mol. The van der Waals surface area contributed by atoms with Gasteiger partial charge in [0.05, 0.1) is 0 Å². The Labute approximate surface area is 127 Å². The van der Waals surface area contributed by atoms with E-state index in [1.54, 1.807) is 6.20 Å². The summed E-state index contributed by atoms with van der Waals surface area (Å²) in [4.78, 5) is 13.5. The van der Waals surface area contributed by atoms with Crippen LogP contribution in [0.15, 0.2) is 18.5 Å². The van der Waals surface area contributed by atoms with Gasteiger partial charge in [0.1, 0.15) is 0 Å². The maximum atomic E-state index is 4.68. The molecule has 0 saturated carbocycles. The third-order valence-electron chi connectivity index (χ3n) is 3.54. The lowest BCUT2D eigenvalue weighted by Crippen LogP contribution is -2.21. The quantitative estimate of drug-likeness (QED) is 0.916. The molecule has 0 fully saturated rings. The molecule has 2 rings (SSSR count). The molecule has 0 aliphatic heterocycles. The zero-order valence-corrected chi connectivity index (χ0v) is 13.6. The average Bonchev–Trinajstić information content (AvgIpc) is 2.42. The first kappa shape index (κ1) is 15.6. The minimum atomic E-state index is 0.644. The van der Waals surface area contributed by atoms with Crippen LogP contribution in [0.5, 0.6) is 0 Å². The molecular weight excluding hydrogens is 260 g/mol. The van der Waals surface area contributed by atoms with Crippen LogP contribution in [0.2, 0.25) is 0 Å². The lowest BCUT2D eigenvalue weighted by atomic mass is 10.1. The summed E-state index contributed by atoms with van der Waals surface area (Å²) in [6.45, 7) is 12.4. The number of aromatic nitrogens is 3. The molecule has 0 aliphatic carbocycles. The smallest absolute Gasteiger partial charge is 0.160 e. The zero-order chi connectivity index (χ0) is 15.4. The van der Waals surface area contributed by atoms with Crippen LogP contribution < -0.4 is 5.32 Å². The van der Waals surface area contributed by atoms with Crippen molar-refractivity contribution in [1.29, 1.82) is 0 Å². The van der Waals surface area contributed by atoms with Gasteiger partial charge >= 0.3 is 0 Å². The second kappa shape index (κ2) is 6.76. The first-order chi connectivity index (χ1) is 9.99. The van der Waals surface area contributed by atoms with E-state index in [0.29, 0.717) is 5.92 Å². The molecule has 0 aromatic carbocycles. The summed E-state index contributed by atoms with van der Waals surface area (Å²) >= 11 is 0. The standard InChI is InChI=1S/C17H24N4/c1-11(2)8-19-10-16-13(4)20-17(21-14(16)5)15-6-7-18-9-12(15)3/h6-7,9,11,19H,8,10H2,1-5H3. The summed E-state index contributed by atoms with van der Waals surface area (Å²) < 4.78 is 0. The summed E-state index contributed by atoms with van der Waals surface area (Å²) in [5.41, 5.74) is 5.45. The van der Waals surface area contributed by atoms with E-state index in [1.807, 2.05) is 19.2 Å². The highest BCUT2D eigenvalue weighted by Gasteiger charge is 2.11. The minimum Gasteiger partial charge on any atom is -0.312 e. The Balaban J connectivity index is 2.27. The van der Waals surface area contributed by atoms with Crippen molar-refractivity contribution in [3.05, 3.63) is 41.0 Å². The van der Waals surface area contributed by atoms with Gasteiger partial charge in [0, 0.05) is 41.5 Å². The van der Waals surface area contributed by atoms with Gasteiger partial charge in [0.2, 0.25) is 0 Å². The molecule has 112 valence electrons. The van der Waals surface area contributed by atoms with Crippen LogP contribution in [0.25, 0.3) is 11.4 Å². The van der Waals surface area contributed by atoms with Crippen LogP contribution in [0.4, 0.5) is 0 Å². The summed E-state index contributed by atoms with van der Waals surface area (Å²) in [5, 5.41) is 3.46. The van der Waals surface area contributed by atoms with Gasteiger partial charge in [-0.1, -0.05) is 13.8 Å². The fraction of sp³-hybridized carbons (Fsp3) is 0.471. The summed E-state index contributed by atoms with van der Waals surface area (Å²) in [7, 11) is 0. The fourth-order valence-electron chi connectivity index (χ4n) is 2.33. The van der Waals surface area contributed by atoms with Crippen LogP contribution in [-0.2, 0) is 6.54 Å². The highest BCUT2D eigenvalue weighted by atomic mass is 14.9. The number of nitrogens with one attached hydrogen (secondary N) is 1. The third-order valence-corrected chi connectivity index (χ3v) is 3.54. The maximum Gasteiger partial charge on any atom is 0.160 e. The van der Waals surface area contributed by atoms with E-state index in [4.69, 9.17) is 0 Å². The Kier molecular flexibility index (Phi) is 5.02. The van der Waals surface area contributed by atoms with Crippen LogP contribution in [0.1, 0.15) is 36.4 Å². The summed E-state index contributed by atoms with van der Waals surface area (Å²) in [6.07, 6.45) is 3.63. The molecule has 4 nitrogen and oxygen atoms in total. The molecular formula is C17H24N4. The lowest BCUT2D eigenvalue weighted by Gasteiger charge is -2.13. The Hall–Kier alpha value is -1.81. The van der Waals surface area contributed by atoms with Crippen molar-refractivity contribution in [3.63, 3.8) is 0 Å². The van der Waals surface area contributed by atoms with Crippen molar-refractivity contribution < 1.29 is 0 Å².